The van der Waals surface area contributed by atoms with Gasteiger partial charge in [-0.1, -0.05) is 68.3 Å². The van der Waals surface area contributed by atoms with Crippen LogP contribution in [-0.2, 0) is 24.8 Å². The number of aromatic nitrogens is 8. The van der Waals surface area contributed by atoms with Gasteiger partial charge in [0, 0.05) is 32.7 Å². The van der Waals surface area contributed by atoms with Crippen LogP contribution >= 0.6 is 0 Å². The molecule has 1 atom stereocenters. The summed E-state index contributed by atoms with van der Waals surface area (Å²) >= 11 is 0. The Balaban J connectivity index is 1.58. The molecule has 0 fully saturated rings. The molecule has 11 heteroatoms. The van der Waals surface area contributed by atoms with Crippen molar-refractivity contribution in [2.45, 2.75) is 52.3 Å². The van der Waals surface area contributed by atoms with Gasteiger partial charge in [-0.25, -0.2) is 14.3 Å². The van der Waals surface area contributed by atoms with Gasteiger partial charge in [-0.15, -0.1) is 10.2 Å². The number of H-pyrrole nitrogens is 1. The molecule has 0 saturated heterocycles. The second-order valence-electron chi connectivity index (χ2n) is 9.57. The summed E-state index contributed by atoms with van der Waals surface area (Å²) in [5.74, 6) is 1.31. The van der Waals surface area contributed by atoms with Gasteiger partial charge in [-0.3, -0.25) is 9.36 Å². The highest BCUT2D eigenvalue weighted by Crippen LogP contribution is 2.30. The van der Waals surface area contributed by atoms with E-state index in [1.165, 1.54) is 18.7 Å². The molecule has 202 valence electrons. The molecule has 1 unspecified atom stereocenters. The highest BCUT2D eigenvalue weighted by molar-refractivity contribution is 5.80. The van der Waals surface area contributed by atoms with E-state index >= 15 is 0 Å². The Hall–Kier alpha value is -4.38. The molecule has 0 aliphatic rings. The fourth-order valence-corrected chi connectivity index (χ4v) is 4.87. The molecule has 1 N–H and O–H groups in total. The van der Waals surface area contributed by atoms with Gasteiger partial charge in [-0.05, 0) is 35.2 Å². The first-order chi connectivity index (χ1) is 18.9. The Morgan fingerprint density at radius 3 is 2.44 bits per heavy atom. The van der Waals surface area contributed by atoms with Crippen molar-refractivity contribution < 1.29 is 4.74 Å². The summed E-state index contributed by atoms with van der Waals surface area (Å²) < 4.78 is 10.00. The van der Waals surface area contributed by atoms with Crippen molar-refractivity contribution in [2.75, 3.05) is 7.11 Å². The quantitative estimate of drug-likeness (QED) is 0.274. The fraction of sp³-hybridized carbons (Fsp3) is 0.357. The van der Waals surface area contributed by atoms with E-state index in [1.54, 1.807) is 6.92 Å². The second kappa shape index (κ2) is 11.2. The number of methoxy groups -OCH3 is 1. The molecular weight excluding hydrogens is 496 g/mol. The number of tetrazole rings is 1. The Morgan fingerprint density at radius 2 is 1.77 bits per heavy atom. The van der Waals surface area contributed by atoms with Crippen LogP contribution in [0.15, 0.2) is 58.1 Å². The number of imidazole rings is 1. The second-order valence-corrected chi connectivity index (χ2v) is 9.57. The van der Waals surface area contributed by atoms with E-state index in [0.29, 0.717) is 30.0 Å². The molecule has 5 rings (SSSR count). The third-order valence-electron chi connectivity index (χ3n) is 7.08. The zero-order valence-corrected chi connectivity index (χ0v) is 22.6. The van der Waals surface area contributed by atoms with Crippen molar-refractivity contribution in [2.24, 2.45) is 7.05 Å². The summed E-state index contributed by atoms with van der Waals surface area (Å²) in [5, 5.41) is 14.5. The van der Waals surface area contributed by atoms with Crippen molar-refractivity contribution in [1.29, 1.82) is 0 Å². The summed E-state index contributed by atoms with van der Waals surface area (Å²) in [7, 11) is 3.03. The minimum absolute atomic E-state index is 0.356. The number of aromatic amines is 1. The van der Waals surface area contributed by atoms with E-state index in [4.69, 9.17) is 9.72 Å². The van der Waals surface area contributed by atoms with Gasteiger partial charge in [-0.2, -0.15) is 5.21 Å². The van der Waals surface area contributed by atoms with E-state index in [9.17, 15) is 9.59 Å². The average molecular weight is 529 g/mol. The third kappa shape index (κ3) is 4.92. The lowest BCUT2D eigenvalue weighted by atomic mass is 9.98. The van der Waals surface area contributed by atoms with Gasteiger partial charge in [0.2, 0.25) is 5.82 Å². The first-order valence-electron chi connectivity index (χ1n) is 13.1. The largest absolute Gasteiger partial charge is 0.361 e. The van der Waals surface area contributed by atoms with Crippen LogP contribution in [0.2, 0.25) is 0 Å². The van der Waals surface area contributed by atoms with Gasteiger partial charge in [0.05, 0.1) is 0 Å². The van der Waals surface area contributed by atoms with Crippen molar-refractivity contribution in [3.8, 4) is 22.5 Å². The van der Waals surface area contributed by atoms with Crippen molar-refractivity contribution in [1.82, 2.24) is 39.3 Å². The van der Waals surface area contributed by atoms with Crippen LogP contribution in [0.4, 0.5) is 0 Å². The first kappa shape index (κ1) is 26.2. The Bertz CT molecular complexity index is 1700. The molecule has 11 nitrogen and oxygen atoms in total. The number of rotatable bonds is 10. The van der Waals surface area contributed by atoms with Gasteiger partial charge < -0.3 is 9.30 Å². The van der Waals surface area contributed by atoms with Gasteiger partial charge in [0.1, 0.15) is 12.1 Å². The number of fused-ring (bicyclic) bond motifs is 1. The minimum Gasteiger partial charge on any atom is -0.361 e. The number of benzene rings is 2. The molecule has 5 aromatic rings. The molecule has 0 amide bonds. The molecule has 0 saturated carbocycles. The third-order valence-corrected chi connectivity index (χ3v) is 7.08. The molecule has 2 aromatic carbocycles. The molecule has 0 bridgehead atoms. The van der Waals surface area contributed by atoms with E-state index in [2.05, 4.69) is 27.5 Å². The lowest BCUT2D eigenvalue weighted by Gasteiger charge is -2.15. The van der Waals surface area contributed by atoms with Crippen LogP contribution in [0, 0.1) is 0 Å². The molecule has 0 aliphatic carbocycles. The van der Waals surface area contributed by atoms with Crippen LogP contribution in [0.5, 0.6) is 0 Å². The van der Waals surface area contributed by atoms with Crippen LogP contribution in [0.1, 0.15) is 50.7 Å². The SMILES string of the molecule is CCCCCc1nc2c(c(=O)n(C)c(=O)n2C(C)OC)n1Cc1ccc(-c2ccccc2-c2nn[nH]n2)cc1. The van der Waals surface area contributed by atoms with Crippen molar-refractivity contribution >= 4 is 11.2 Å². The number of hydrogen-bond acceptors (Lipinski definition) is 7. The molecule has 0 radical (unpaired) electrons. The van der Waals surface area contributed by atoms with Crippen LogP contribution in [0.25, 0.3) is 33.7 Å². The molecule has 3 heterocycles. The number of unbranched alkanes of at least 4 members (excludes halogenated alkanes) is 2. The topological polar surface area (TPSA) is 126 Å². The lowest BCUT2D eigenvalue weighted by molar-refractivity contribution is 0.0588. The van der Waals surface area contributed by atoms with Crippen LogP contribution in [-0.4, -0.2) is 46.4 Å². The number of ether oxygens (including phenoxy) is 1. The maximum atomic E-state index is 13.4. The smallest absolute Gasteiger partial charge is 0.334 e. The molecule has 39 heavy (non-hydrogen) atoms. The Kier molecular flexibility index (Phi) is 7.51. The maximum Gasteiger partial charge on any atom is 0.334 e. The van der Waals surface area contributed by atoms with E-state index in [0.717, 1.165) is 51.9 Å². The molecule has 3 aromatic heterocycles. The van der Waals surface area contributed by atoms with E-state index in [-0.39, 0.29) is 5.56 Å². The van der Waals surface area contributed by atoms with Gasteiger partial charge in [0.25, 0.3) is 5.56 Å². The Morgan fingerprint density at radius 1 is 1.03 bits per heavy atom. The predicted octanol–water partition coefficient (Wildman–Crippen LogP) is 3.69. The summed E-state index contributed by atoms with van der Waals surface area (Å²) in [4.78, 5) is 31.2. The maximum absolute atomic E-state index is 13.4. The molecular formula is C28H32N8O3. The molecule has 0 aliphatic heterocycles. The number of nitrogens with zero attached hydrogens (tertiary/aromatic N) is 7. The summed E-state index contributed by atoms with van der Waals surface area (Å²) in [6, 6.07) is 16.1. The van der Waals surface area contributed by atoms with Crippen molar-refractivity contribution in [3.05, 3.63) is 80.8 Å². The highest BCUT2D eigenvalue weighted by Gasteiger charge is 2.23. The predicted molar refractivity (Wildman–Crippen MR) is 148 cm³/mol. The van der Waals surface area contributed by atoms with E-state index in [1.807, 2.05) is 53.1 Å². The number of aryl methyl sites for hydroxylation is 1. The lowest BCUT2D eigenvalue weighted by Crippen LogP contribution is -2.40. The fourth-order valence-electron chi connectivity index (χ4n) is 4.87. The minimum atomic E-state index is -0.572. The van der Waals surface area contributed by atoms with E-state index < -0.39 is 11.9 Å². The van der Waals surface area contributed by atoms with Crippen molar-refractivity contribution in [3.63, 3.8) is 0 Å². The average Bonchev–Trinajstić information content (AvgIpc) is 3.61. The zero-order valence-electron chi connectivity index (χ0n) is 22.6. The highest BCUT2D eigenvalue weighted by atomic mass is 16.5. The zero-order chi connectivity index (χ0) is 27.5. The normalized spacial score (nSPS) is 12.3. The van der Waals surface area contributed by atoms with Gasteiger partial charge in [0.15, 0.2) is 11.2 Å². The number of nitrogens with one attached hydrogen (secondary N) is 1. The summed E-state index contributed by atoms with van der Waals surface area (Å²) in [6.07, 6.45) is 3.20. The molecule has 0 spiro atoms. The number of hydrogen-bond donors (Lipinski definition) is 1. The van der Waals surface area contributed by atoms with Crippen LogP contribution < -0.4 is 11.2 Å². The standard InChI is InChI=1S/C28H32N8O3/c1-5-6-7-12-23-29-26-24(27(37)34(3)28(38)36(26)18(2)39-4)35(23)17-19-13-15-20(16-14-19)21-10-8-9-11-22(21)25-30-32-33-31-25/h8-11,13-16,18H,5-7,12,17H2,1-4H3,(H,30,31,32,33). The summed E-state index contributed by atoms with van der Waals surface area (Å²) in [6.45, 7) is 4.36. The Labute approximate surface area is 225 Å². The summed E-state index contributed by atoms with van der Waals surface area (Å²) in [5.41, 5.74) is 3.83. The van der Waals surface area contributed by atoms with Crippen LogP contribution in [0.3, 0.4) is 0 Å². The van der Waals surface area contributed by atoms with Gasteiger partial charge >= 0.3 is 5.69 Å². The monoisotopic (exact) mass is 528 g/mol. The first-order valence-corrected chi connectivity index (χ1v) is 13.1.